The van der Waals surface area contributed by atoms with Crippen molar-refractivity contribution < 1.29 is 47.8 Å². The van der Waals surface area contributed by atoms with Gasteiger partial charge in [0.1, 0.15) is 47.8 Å². The van der Waals surface area contributed by atoms with Gasteiger partial charge in [0.15, 0.2) is 0 Å². The fourth-order valence-corrected chi connectivity index (χ4v) is 9.71. The molecule has 0 aromatic heterocycles. The van der Waals surface area contributed by atoms with E-state index < -0.39 is 83.5 Å². The Hall–Kier alpha value is -7.87. The van der Waals surface area contributed by atoms with Crippen molar-refractivity contribution in [2.45, 2.75) is 87.8 Å². The molecule has 1 unspecified atom stereocenters. The van der Waals surface area contributed by atoms with Crippen LogP contribution < -0.4 is 52.8 Å². The lowest BCUT2D eigenvalue weighted by atomic mass is 9.96. The molecule has 2 heterocycles. The summed E-state index contributed by atoms with van der Waals surface area (Å²) in [5, 5.41) is 18.6. The number of nitrogens with one attached hydrogen (secondary N) is 6. The monoisotopic (exact) mass is 1040 g/mol. The van der Waals surface area contributed by atoms with Crippen LogP contribution in [0.4, 0.5) is 0 Å². The highest BCUT2D eigenvalue weighted by Gasteiger charge is 2.48. The zero-order valence-corrected chi connectivity index (χ0v) is 43.0. The molecule has 402 valence electrons. The summed E-state index contributed by atoms with van der Waals surface area (Å²) in [5.74, 6) is -5.24. The van der Waals surface area contributed by atoms with E-state index in [0.29, 0.717) is 53.0 Å². The molecule has 0 bridgehead atoms. The third-order valence-electron chi connectivity index (χ3n) is 13.7. The fourth-order valence-electron chi connectivity index (χ4n) is 9.71. The zero-order valence-electron chi connectivity index (χ0n) is 43.0. The SMILES string of the molecule is COc1cc2cccc(OC)c2cc1C[C@@H]1NC(=O)[C@H](Cc2ccccc2)NC(=O)[C@@H]2C(C(=O)NCCN)CCN2C(=O)[C@H](Cc2ccccc2)NC(=O)[C@H](COCc2ccccc2)NC(=O)[C@H](CCCCN)NC1=O. The topological polar surface area (TPSA) is 275 Å². The Balaban J connectivity index is 1.34. The first kappa shape index (κ1) is 55.9. The maximum absolute atomic E-state index is 15.2. The number of carbonyl (C=O) groups excluding carboxylic acids is 7. The Morgan fingerprint density at radius 1 is 0.592 bits per heavy atom. The number of nitrogens with two attached hydrogens (primary N) is 2. The first-order valence-electron chi connectivity index (χ1n) is 25.7. The predicted octanol–water partition coefficient (Wildman–Crippen LogP) is 1.96. The Bertz CT molecular complexity index is 2790. The lowest BCUT2D eigenvalue weighted by Crippen LogP contribution is -2.63. The van der Waals surface area contributed by atoms with Gasteiger partial charge >= 0.3 is 0 Å². The van der Waals surface area contributed by atoms with E-state index in [-0.39, 0.29) is 65.0 Å². The Labute approximate surface area is 442 Å². The molecule has 2 aliphatic heterocycles. The van der Waals surface area contributed by atoms with Gasteiger partial charge in [-0.25, -0.2) is 0 Å². The third kappa shape index (κ3) is 14.7. The van der Waals surface area contributed by atoms with Crippen LogP contribution in [-0.4, -0.2) is 130 Å². The van der Waals surface area contributed by atoms with E-state index in [4.69, 9.17) is 25.7 Å². The second-order valence-electron chi connectivity index (χ2n) is 19.0. The highest BCUT2D eigenvalue weighted by molar-refractivity contribution is 6.01. The minimum Gasteiger partial charge on any atom is -0.496 e. The predicted molar refractivity (Wildman–Crippen MR) is 285 cm³/mol. The number of methoxy groups -OCH3 is 2. The van der Waals surface area contributed by atoms with Crippen LogP contribution in [0.1, 0.15) is 47.9 Å². The number of ether oxygens (including phenoxy) is 3. The zero-order chi connectivity index (χ0) is 54.0. The molecule has 2 aliphatic rings. The molecule has 7 rings (SSSR count). The van der Waals surface area contributed by atoms with Crippen molar-refractivity contribution in [1.29, 1.82) is 0 Å². The molecule has 0 spiro atoms. The fraction of sp³-hybridized carbons (Fsp3) is 0.386. The van der Waals surface area contributed by atoms with Crippen LogP contribution in [0, 0.1) is 5.92 Å². The summed E-state index contributed by atoms with van der Waals surface area (Å²) in [6, 6.07) is 27.9. The van der Waals surface area contributed by atoms with Crippen molar-refractivity contribution in [2.75, 3.05) is 47.0 Å². The molecule has 10 N–H and O–H groups in total. The Morgan fingerprint density at radius 2 is 1.14 bits per heavy atom. The quantitative estimate of drug-likeness (QED) is 0.0552. The molecule has 7 amide bonds. The van der Waals surface area contributed by atoms with Gasteiger partial charge in [-0.2, -0.15) is 0 Å². The smallest absolute Gasteiger partial charge is 0.246 e. The molecule has 0 saturated carbocycles. The van der Waals surface area contributed by atoms with Gasteiger partial charge in [-0.05, 0) is 78.1 Å². The Morgan fingerprint density at radius 3 is 1.78 bits per heavy atom. The molecule has 19 heteroatoms. The molecule has 19 nitrogen and oxygen atoms in total. The number of nitrogens with zero attached hydrogens (tertiary/aromatic N) is 1. The van der Waals surface area contributed by atoms with Crippen molar-refractivity contribution in [1.82, 2.24) is 36.8 Å². The minimum absolute atomic E-state index is 0.0429. The van der Waals surface area contributed by atoms with Gasteiger partial charge in [0.2, 0.25) is 41.4 Å². The van der Waals surface area contributed by atoms with Gasteiger partial charge in [-0.3, -0.25) is 33.6 Å². The van der Waals surface area contributed by atoms with E-state index in [1.165, 1.54) is 19.1 Å². The number of carbonyl (C=O) groups is 7. The van der Waals surface area contributed by atoms with Crippen LogP contribution in [0.3, 0.4) is 0 Å². The maximum atomic E-state index is 15.2. The van der Waals surface area contributed by atoms with Gasteiger partial charge in [0.25, 0.3) is 0 Å². The number of rotatable bonds is 19. The van der Waals surface area contributed by atoms with Gasteiger partial charge < -0.3 is 62.5 Å². The number of benzene rings is 5. The lowest BCUT2D eigenvalue weighted by molar-refractivity contribution is -0.145. The van der Waals surface area contributed by atoms with E-state index in [0.717, 1.165) is 10.9 Å². The molecular weight excluding hydrogens is 971 g/mol. The van der Waals surface area contributed by atoms with Crippen molar-refractivity contribution in [2.24, 2.45) is 17.4 Å². The number of hydrogen-bond acceptors (Lipinski definition) is 12. The summed E-state index contributed by atoms with van der Waals surface area (Å²) in [5.41, 5.74) is 14.3. The summed E-state index contributed by atoms with van der Waals surface area (Å²) in [6.07, 6.45) is 0.748. The van der Waals surface area contributed by atoms with Crippen LogP contribution in [-0.2, 0) is 64.2 Å². The van der Waals surface area contributed by atoms with Gasteiger partial charge in [0, 0.05) is 44.3 Å². The molecule has 5 aromatic carbocycles. The second-order valence-corrected chi connectivity index (χ2v) is 19.0. The van der Waals surface area contributed by atoms with Crippen molar-refractivity contribution >= 4 is 52.1 Å². The number of unbranched alkanes of at least 4 members (excludes halogenated alkanes) is 1. The molecular formula is C57H69N9O10. The van der Waals surface area contributed by atoms with Crippen molar-refractivity contribution in [3.05, 3.63) is 144 Å². The van der Waals surface area contributed by atoms with Gasteiger partial charge in [-0.15, -0.1) is 0 Å². The van der Waals surface area contributed by atoms with Crippen LogP contribution >= 0.6 is 0 Å². The summed E-state index contributed by atoms with van der Waals surface area (Å²) < 4.78 is 17.6. The van der Waals surface area contributed by atoms with E-state index >= 15 is 19.2 Å². The highest BCUT2D eigenvalue weighted by Crippen LogP contribution is 2.33. The van der Waals surface area contributed by atoms with Gasteiger partial charge in [0.05, 0.1) is 33.4 Å². The second kappa shape index (κ2) is 27.6. The summed E-state index contributed by atoms with van der Waals surface area (Å²) >= 11 is 0. The van der Waals surface area contributed by atoms with Crippen LogP contribution in [0.15, 0.2) is 121 Å². The van der Waals surface area contributed by atoms with Crippen LogP contribution in [0.5, 0.6) is 11.5 Å². The first-order chi connectivity index (χ1) is 36.9. The number of amides is 7. The van der Waals surface area contributed by atoms with E-state index in [2.05, 4.69) is 31.9 Å². The minimum atomic E-state index is -1.47. The maximum Gasteiger partial charge on any atom is 0.246 e. The molecule has 0 radical (unpaired) electrons. The van der Waals surface area contributed by atoms with Crippen LogP contribution in [0.2, 0.25) is 0 Å². The van der Waals surface area contributed by atoms with E-state index in [1.54, 1.807) is 78.9 Å². The van der Waals surface area contributed by atoms with Gasteiger partial charge in [-0.1, -0.05) is 103 Å². The van der Waals surface area contributed by atoms with E-state index in [9.17, 15) is 14.4 Å². The number of hydrogen-bond donors (Lipinski definition) is 8. The molecule has 76 heavy (non-hydrogen) atoms. The van der Waals surface area contributed by atoms with Crippen LogP contribution in [0.25, 0.3) is 10.8 Å². The summed E-state index contributed by atoms with van der Waals surface area (Å²) in [4.78, 5) is 105. The summed E-state index contributed by atoms with van der Waals surface area (Å²) in [7, 11) is 3.02. The standard InChI is InChI=1S/C57H69N9O10/c1-74-48-23-14-21-39-33-49(75-2)40(31-42(39)48)32-45-54(70)61-43(22-12-13-25-58)52(68)65-47(35-76-34-38-19-10-5-11-20-38)55(71)64-46(30-37-17-8-4-9-18-37)57(73)66-28-24-41(51(67)60-27-26-59)50(66)56(72)63-44(53(69)62-45)29-36-15-6-3-7-16-36/h3-11,14-21,23,31,33,41,43-47,50H,12-13,22,24-30,32,34-35,58-59H2,1-2H3,(H,60,67)(H,61,70)(H,62,69)(H,63,72)(H,64,71)(H,65,68)/t41?,43-,44-,45-,46-,47-,50-/m0/s1. The normalized spacial score (nSPS) is 21.7. The lowest BCUT2D eigenvalue weighted by Gasteiger charge is -2.33. The average molecular weight is 1040 g/mol. The van der Waals surface area contributed by atoms with Crippen molar-refractivity contribution in [3.8, 4) is 11.5 Å². The first-order valence-corrected chi connectivity index (χ1v) is 25.7. The average Bonchev–Trinajstić information content (AvgIpc) is 3.90. The Kier molecular flexibility index (Phi) is 20.3. The van der Waals surface area contributed by atoms with Crippen molar-refractivity contribution in [3.63, 3.8) is 0 Å². The molecule has 2 saturated heterocycles. The third-order valence-corrected chi connectivity index (χ3v) is 13.7. The molecule has 5 aromatic rings. The molecule has 0 aliphatic carbocycles. The highest BCUT2D eigenvalue weighted by atomic mass is 16.5. The number of fused-ring (bicyclic) bond motifs is 2. The summed E-state index contributed by atoms with van der Waals surface area (Å²) in [6.45, 7) is 0.143. The molecule has 2 fully saturated rings. The molecule has 7 atom stereocenters. The largest absolute Gasteiger partial charge is 0.496 e. The van der Waals surface area contributed by atoms with E-state index in [1.807, 2.05) is 42.5 Å².